The van der Waals surface area contributed by atoms with Crippen LogP contribution in [0.25, 0.3) is 10.2 Å². The molecule has 0 unspecified atom stereocenters. The fraction of sp³-hybridized carbons (Fsp3) is 0.143. The first-order valence-electron chi connectivity index (χ1n) is 9.32. The molecule has 4 aromatic rings. The molecule has 164 valence electrons. The van der Waals surface area contributed by atoms with Gasteiger partial charge in [0.25, 0.3) is 5.91 Å². The van der Waals surface area contributed by atoms with Gasteiger partial charge >= 0.3 is 5.97 Å². The Kier molecular flexibility index (Phi) is 6.05. The number of amides is 1. The van der Waals surface area contributed by atoms with Crippen LogP contribution in [0.2, 0.25) is 10.0 Å². The summed E-state index contributed by atoms with van der Waals surface area (Å²) in [6.07, 6.45) is 3.77. The number of nitrogens with zero attached hydrogens (tertiary/aromatic N) is 2. The number of benzene rings is 1. The number of hydrogen-bond donors (Lipinski definition) is 3. The standard InChI is InChI=1S/C21H16Cl2N4O4S/c1-10-15(22)16(23)18(24-10)19(28)26-21-25-17-13(7-12(20(29)30)8-14(17)32-21)31-9-11-3-5-27(2)6-4-11/h3-8H,9H2,1-2H3,(H2-,24,25,26,28,29,30)/p+1. The minimum atomic E-state index is -1.09. The first-order valence-corrected chi connectivity index (χ1v) is 10.9. The smallest absolute Gasteiger partial charge is 0.335 e. The van der Waals surface area contributed by atoms with Crippen LogP contribution in [0, 0.1) is 6.92 Å². The van der Waals surface area contributed by atoms with Gasteiger partial charge in [-0.05, 0) is 19.1 Å². The van der Waals surface area contributed by atoms with E-state index in [9.17, 15) is 14.7 Å². The number of carbonyl (C=O) groups excluding carboxylic acids is 1. The maximum atomic E-state index is 12.6. The number of aromatic carboxylic acids is 1. The molecular formula is C21H17Cl2N4O4S+. The average molecular weight is 492 g/mol. The molecule has 0 aliphatic rings. The number of rotatable bonds is 6. The van der Waals surface area contributed by atoms with Gasteiger partial charge in [0.15, 0.2) is 17.5 Å². The van der Waals surface area contributed by atoms with E-state index in [0.29, 0.717) is 21.7 Å². The van der Waals surface area contributed by atoms with E-state index < -0.39 is 11.9 Å². The molecule has 4 rings (SSSR count). The summed E-state index contributed by atoms with van der Waals surface area (Å²) in [6, 6.07) is 6.71. The molecule has 0 saturated carbocycles. The molecular weight excluding hydrogens is 475 g/mol. The Morgan fingerprint density at radius 3 is 2.59 bits per heavy atom. The zero-order valence-corrected chi connectivity index (χ0v) is 19.2. The third kappa shape index (κ3) is 4.40. The number of carboxylic acid groups (broad SMARTS) is 1. The number of hydrogen-bond acceptors (Lipinski definition) is 5. The van der Waals surface area contributed by atoms with E-state index >= 15 is 0 Å². The van der Waals surface area contributed by atoms with Gasteiger partial charge in [-0.2, -0.15) is 0 Å². The van der Waals surface area contributed by atoms with Crippen molar-refractivity contribution >= 4 is 61.8 Å². The van der Waals surface area contributed by atoms with E-state index in [-0.39, 0.29) is 33.0 Å². The van der Waals surface area contributed by atoms with Crippen LogP contribution in [-0.4, -0.2) is 27.0 Å². The van der Waals surface area contributed by atoms with Gasteiger partial charge in [-0.25, -0.2) is 14.3 Å². The fourth-order valence-electron chi connectivity index (χ4n) is 2.96. The Balaban J connectivity index is 1.64. The molecule has 0 spiro atoms. The van der Waals surface area contributed by atoms with Crippen molar-refractivity contribution in [3.63, 3.8) is 0 Å². The Labute approximate surface area is 196 Å². The molecule has 0 aliphatic heterocycles. The van der Waals surface area contributed by atoms with Crippen molar-refractivity contribution in [2.75, 3.05) is 5.32 Å². The zero-order valence-electron chi connectivity index (χ0n) is 16.9. The minimum Gasteiger partial charge on any atom is -0.487 e. The first kappa shape index (κ1) is 22.1. The first-order chi connectivity index (χ1) is 15.2. The largest absolute Gasteiger partial charge is 0.487 e. The summed E-state index contributed by atoms with van der Waals surface area (Å²) in [5, 5.41) is 12.8. The second-order valence-electron chi connectivity index (χ2n) is 7.01. The number of nitrogens with one attached hydrogen (secondary N) is 2. The van der Waals surface area contributed by atoms with Gasteiger partial charge < -0.3 is 14.8 Å². The lowest BCUT2D eigenvalue weighted by molar-refractivity contribution is -0.671. The van der Waals surface area contributed by atoms with Crippen LogP contribution in [0.15, 0.2) is 36.7 Å². The average Bonchev–Trinajstić information content (AvgIpc) is 3.28. The molecule has 0 saturated heterocycles. The lowest BCUT2D eigenvalue weighted by Gasteiger charge is -2.07. The van der Waals surface area contributed by atoms with Gasteiger partial charge in [0.1, 0.15) is 30.6 Å². The summed E-state index contributed by atoms with van der Waals surface area (Å²) < 4.78 is 8.34. The Hall–Kier alpha value is -3.14. The molecule has 3 aromatic heterocycles. The minimum absolute atomic E-state index is 0.0586. The second-order valence-corrected chi connectivity index (χ2v) is 8.80. The van der Waals surface area contributed by atoms with Crippen molar-refractivity contribution < 1.29 is 24.0 Å². The molecule has 0 fully saturated rings. The van der Waals surface area contributed by atoms with Crippen LogP contribution < -0.4 is 14.6 Å². The number of fused-ring (bicyclic) bond motifs is 1. The van der Waals surface area contributed by atoms with E-state index in [2.05, 4.69) is 15.3 Å². The van der Waals surface area contributed by atoms with Gasteiger partial charge in [0, 0.05) is 23.4 Å². The van der Waals surface area contributed by atoms with E-state index in [1.807, 2.05) is 36.1 Å². The lowest BCUT2D eigenvalue weighted by atomic mass is 10.2. The van der Waals surface area contributed by atoms with Crippen molar-refractivity contribution in [2.45, 2.75) is 13.5 Å². The van der Waals surface area contributed by atoms with Crippen LogP contribution in [0.3, 0.4) is 0 Å². The van der Waals surface area contributed by atoms with Crippen LogP contribution >= 0.6 is 34.5 Å². The maximum absolute atomic E-state index is 12.6. The van der Waals surface area contributed by atoms with Crippen LogP contribution in [-0.2, 0) is 13.7 Å². The van der Waals surface area contributed by atoms with Crippen LogP contribution in [0.4, 0.5) is 5.13 Å². The molecule has 0 aliphatic carbocycles. The SMILES string of the molecule is Cc1[nH]c(C(=O)Nc2nc3c(OCc4cc[n+](C)cc4)cc(C(=O)O)cc3s2)c(Cl)c1Cl. The highest BCUT2D eigenvalue weighted by Gasteiger charge is 2.21. The van der Waals surface area contributed by atoms with Crippen molar-refractivity contribution in [2.24, 2.45) is 7.05 Å². The number of H-pyrrole nitrogens is 1. The monoisotopic (exact) mass is 491 g/mol. The van der Waals surface area contributed by atoms with E-state index in [4.69, 9.17) is 27.9 Å². The highest BCUT2D eigenvalue weighted by molar-refractivity contribution is 7.22. The number of ether oxygens (including phenoxy) is 1. The fourth-order valence-corrected chi connectivity index (χ4v) is 4.30. The summed E-state index contributed by atoms with van der Waals surface area (Å²) in [5.74, 6) is -1.30. The predicted molar refractivity (Wildman–Crippen MR) is 122 cm³/mol. The molecule has 0 bridgehead atoms. The predicted octanol–water partition coefficient (Wildman–Crippen LogP) is 4.59. The molecule has 11 heteroatoms. The van der Waals surface area contributed by atoms with Gasteiger partial charge in [-0.1, -0.05) is 34.5 Å². The number of anilines is 1. The van der Waals surface area contributed by atoms with Crippen LogP contribution in [0.5, 0.6) is 5.75 Å². The lowest BCUT2D eigenvalue weighted by Crippen LogP contribution is -2.26. The Morgan fingerprint density at radius 2 is 1.97 bits per heavy atom. The molecule has 1 aromatic carbocycles. The highest BCUT2D eigenvalue weighted by atomic mass is 35.5. The number of carbonyl (C=O) groups is 2. The Morgan fingerprint density at radius 1 is 1.25 bits per heavy atom. The molecule has 32 heavy (non-hydrogen) atoms. The van der Waals surface area contributed by atoms with Gasteiger partial charge in [0.2, 0.25) is 0 Å². The number of aromatic nitrogens is 3. The number of thiazole rings is 1. The van der Waals surface area contributed by atoms with Crippen molar-refractivity contribution in [1.29, 1.82) is 0 Å². The molecule has 1 amide bonds. The Bertz CT molecular complexity index is 1350. The molecule has 0 atom stereocenters. The molecule has 0 radical (unpaired) electrons. The van der Waals surface area contributed by atoms with Gasteiger partial charge in [0.05, 0.1) is 20.3 Å². The third-order valence-corrected chi connectivity index (χ3v) is 6.52. The molecule has 3 heterocycles. The molecule has 8 nitrogen and oxygen atoms in total. The third-order valence-electron chi connectivity index (χ3n) is 4.65. The summed E-state index contributed by atoms with van der Waals surface area (Å²) in [5.41, 5.74) is 2.11. The number of aromatic amines is 1. The normalized spacial score (nSPS) is 11.0. The van der Waals surface area contributed by atoms with Crippen molar-refractivity contribution in [3.05, 3.63) is 69.2 Å². The maximum Gasteiger partial charge on any atom is 0.335 e. The zero-order chi connectivity index (χ0) is 23.0. The van der Waals surface area contributed by atoms with Crippen molar-refractivity contribution in [3.8, 4) is 5.75 Å². The van der Waals surface area contributed by atoms with E-state index in [1.54, 1.807) is 6.92 Å². The summed E-state index contributed by atoms with van der Waals surface area (Å²) in [6.45, 7) is 1.93. The van der Waals surface area contributed by atoms with Crippen LogP contribution in [0.1, 0.15) is 32.1 Å². The van der Waals surface area contributed by atoms with Gasteiger partial charge in [-0.15, -0.1) is 0 Å². The van der Waals surface area contributed by atoms with Gasteiger partial charge in [-0.3, -0.25) is 10.1 Å². The molecule has 3 N–H and O–H groups in total. The number of pyridine rings is 1. The highest BCUT2D eigenvalue weighted by Crippen LogP contribution is 2.35. The number of halogens is 2. The topological polar surface area (TPSA) is 108 Å². The van der Waals surface area contributed by atoms with E-state index in [1.165, 1.54) is 12.1 Å². The number of aryl methyl sites for hydroxylation is 2. The summed E-state index contributed by atoms with van der Waals surface area (Å²) in [7, 11) is 1.91. The quantitative estimate of drug-likeness (QED) is 0.341. The van der Waals surface area contributed by atoms with E-state index in [0.717, 1.165) is 16.9 Å². The van der Waals surface area contributed by atoms with Crippen molar-refractivity contribution in [1.82, 2.24) is 9.97 Å². The summed E-state index contributed by atoms with van der Waals surface area (Å²) >= 11 is 13.3. The number of carboxylic acids is 1. The second kappa shape index (κ2) is 8.78. The summed E-state index contributed by atoms with van der Waals surface area (Å²) in [4.78, 5) is 31.5.